The van der Waals surface area contributed by atoms with E-state index in [9.17, 15) is 9.90 Å². The van der Waals surface area contributed by atoms with E-state index in [2.05, 4.69) is 26.2 Å². The van der Waals surface area contributed by atoms with Crippen molar-refractivity contribution in [1.29, 1.82) is 0 Å². The number of benzene rings is 2. The van der Waals surface area contributed by atoms with Gasteiger partial charge in [-0.1, -0.05) is 23.7 Å². The highest BCUT2D eigenvalue weighted by Gasteiger charge is 2.17. The van der Waals surface area contributed by atoms with Crippen molar-refractivity contribution in [3.05, 3.63) is 69.5 Å². The minimum atomic E-state index is -0.725. The number of hydrogen-bond acceptors (Lipinski definition) is 6. The molecule has 0 unspecified atom stereocenters. The minimum Gasteiger partial charge on any atom is -0.509 e. The maximum atomic E-state index is 12.1. The van der Waals surface area contributed by atoms with Gasteiger partial charge in [-0.25, -0.2) is 4.79 Å². The van der Waals surface area contributed by atoms with Gasteiger partial charge < -0.3 is 9.84 Å². The van der Waals surface area contributed by atoms with Gasteiger partial charge in [0.1, 0.15) is 5.76 Å². The summed E-state index contributed by atoms with van der Waals surface area (Å²) in [6.07, 6.45) is 0. The Hall–Kier alpha value is -1.83. The Bertz CT molecular complexity index is 825. The summed E-state index contributed by atoms with van der Waals surface area (Å²) in [5, 5.41) is 18.9. The number of carbonyl (C=O) groups is 1. The van der Waals surface area contributed by atoms with Gasteiger partial charge in [0.25, 0.3) is 0 Å². The molecule has 0 aliphatic rings. The first-order chi connectivity index (χ1) is 12.5. The highest BCUT2D eigenvalue weighted by molar-refractivity contribution is 9.10. The van der Waals surface area contributed by atoms with Crippen LogP contribution in [0.25, 0.3) is 0 Å². The molecule has 2 aromatic carbocycles. The number of hydrogen-bond donors (Lipinski definition) is 1. The third-order valence-corrected chi connectivity index (χ3v) is 4.99. The fraction of sp³-hybridized carbons (Fsp3) is 0.167. The molecule has 0 fully saturated rings. The normalized spacial score (nSPS) is 12.1. The molecule has 26 heavy (non-hydrogen) atoms. The number of rotatable bonds is 7. The average Bonchev–Trinajstić information content (AvgIpc) is 2.63. The number of esters is 1. The largest absolute Gasteiger partial charge is 0.509 e. The Morgan fingerprint density at radius 2 is 1.92 bits per heavy atom. The van der Waals surface area contributed by atoms with Gasteiger partial charge in [0.2, 0.25) is 5.70 Å². The van der Waals surface area contributed by atoms with E-state index >= 15 is 0 Å². The molecule has 0 spiro atoms. The van der Waals surface area contributed by atoms with Crippen LogP contribution in [0, 0.1) is 0 Å². The Kier molecular flexibility index (Phi) is 8.15. The molecular weight excluding hydrogens is 440 g/mol. The zero-order chi connectivity index (χ0) is 18.9. The summed E-state index contributed by atoms with van der Waals surface area (Å²) < 4.78 is 5.69. The van der Waals surface area contributed by atoms with Crippen LogP contribution in [0.5, 0.6) is 0 Å². The van der Waals surface area contributed by atoms with E-state index in [-0.39, 0.29) is 23.8 Å². The lowest BCUT2D eigenvalue weighted by atomic mass is 10.3. The quantitative estimate of drug-likeness (QED) is 0.174. The second-order valence-electron chi connectivity index (χ2n) is 4.91. The molecule has 1 N–H and O–H groups in total. The van der Waals surface area contributed by atoms with Gasteiger partial charge in [-0.3, -0.25) is 0 Å². The SMILES string of the molecule is CCOC(=O)/C(N=Nc1ccccc1Br)=C(/O)CSc1ccc(Cl)cc1. The van der Waals surface area contributed by atoms with E-state index in [0.29, 0.717) is 10.7 Å². The molecular formula is C18H16BrClN2O3S. The number of azo groups is 1. The van der Waals surface area contributed by atoms with Crippen molar-refractivity contribution in [2.45, 2.75) is 11.8 Å². The van der Waals surface area contributed by atoms with Crippen LogP contribution in [0.2, 0.25) is 5.02 Å². The highest BCUT2D eigenvalue weighted by atomic mass is 79.9. The number of aliphatic hydroxyl groups excluding tert-OH is 1. The second-order valence-corrected chi connectivity index (χ2v) is 7.25. The van der Waals surface area contributed by atoms with E-state index in [1.54, 1.807) is 37.3 Å². The predicted molar refractivity (Wildman–Crippen MR) is 107 cm³/mol. The Morgan fingerprint density at radius 3 is 2.58 bits per heavy atom. The molecule has 2 rings (SSSR count). The highest BCUT2D eigenvalue weighted by Crippen LogP contribution is 2.27. The Labute approximate surface area is 169 Å². The number of thioether (sulfide) groups is 1. The van der Waals surface area contributed by atoms with Crippen molar-refractivity contribution < 1.29 is 14.6 Å². The molecule has 0 aliphatic heterocycles. The molecule has 136 valence electrons. The van der Waals surface area contributed by atoms with Gasteiger partial charge in [0.15, 0.2) is 0 Å². The number of halogens is 2. The molecule has 0 radical (unpaired) electrons. The van der Waals surface area contributed by atoms with Crippen LogP contribution in [0.1, 0.15) is 6.92 Å². The average molecular weight is 456 g/mol. The van der Waals surface area contributed by atoms with Crippen molar-refractivity contribution in [3.8, 4) is 0 Å². The zero-order valence-corrected chi connectivity index (χ0v) is 17.0. The lowest BCUT2D eigenvalue weighted by molar-refractivity contribution is -0.138. The van der Waals surface area contributed by atoms with Gasteiger partial charge >= 0.3 is 5.97 Å². The van der Waals surface area contributed by atoms with Crippen LogP contribution in [0.3, 0.4) is 0 Å². The second kappa shape index (κ2) is 10.4. The van der Waals surface area contributed by atoms with Gasteiger partial charge in [-0.2, -0.15) is 0 Å². The summed E-state index contributed by atoms with van der Waals surface area (Å²) in [5.74, 6) is -0.790. The Balaban J connectivity index is 2.21. The maximum Gasteiger partial charge on any atom is 0.362 e. The third-order valence-electron chi connectivity index (χ3n) is 3.04. The molecule has 0 amide bonds. The van der Waals surface area contributed by atoms with Crippen molar-refractivity contribution in [2.24, 2.45) is 10.2 Å². The molecule has 0 aromatic heterocycles. The topological polar surface area (TPSA) is 71.2 Å². The van der Waals surface area contributed by atoms with Crippen LogP contribution >= 0.6 is 39.3 Å². The molecule has 0 saturated carbocycles. The molecule has 0 heterocycles. The summed E-state index contributed by atoms with van der Waals surface area (Å²) in [6.45, 7) is 1.85. The van der Waals surface area contributed by atoms with E-state index in [4.69, 9.17) is 16.3 Å². The first-order valence-electron chi connectivity index (χ1n) is 7.65. The van der Waals surface area contributed by atoms with Crippen molar-refractivity contribution in [1.82, 2.24) is 0 Å². The predicted octanol–water partition coefficient (Wildman–Crippen LogP) is 6.31. The first-order valence-corrected chi connectivity index (χ1v) is 9.80. The zero-order valence-electron chi connectivity index (χ0n) is 13.9. The molecule has 0 atom stereocenters. The summed E-state index contributed by atoms with van der Waals surface area (Å²) in [6, 6.07) is 14.3. The van der Waals surface area contributed by atoms with Crippen LogP contribution in [0.4, 0.5) is 5.69 Å². The van der Waals surface area contributed by atoms with Gasteiger partial charge in [0.05, 0.1) is 18.0 Å². The van der Waals surface area contributed by atoms with Crippen LogP contribution < -0.4 is 0 Å². The van der Waals surface area contributed by atoms with Crippen molar-refractivity contribution >= 4 is 50.9 Å². The number of carbonyl (C=O) groups excluding carboxylic acids is 1. The maximum absolute atomic E-state index is 12.1. The lowest BCUT2D eigenvalue weighted by Crippen LogP contribution is -2.09. The fourth-order valence-electron chi connectivity index (χ4n) is 1.80. The van der Waals surface area contributed by atoms with E-state index in [1.165, 1.54) is 11.8 Å². The summed E-state index contributed by atoms with van der Waals surface area (Å²) in [5.41, 5.74) is 0.316. The van der Waals surface area contributed by atoms with Crippen LogP contribution in [-0.2, 0) is 9.53 Å². The smallest absolute Gasteiger partial charge is 0.362 e. The summed E-state index contributed by atoms with van der Waals surface area (Å²) >= 11 is 10.5. The van der Waals surface area contributed by atoms with Crippen molar-refractivity contribution in [2.75, 3.05) is 12.4 Å². The Morgan fingerprint density at radius 1 is 1.23 bits per heavy atom. The number of nitrogens with zero attached hydrogens (tertiary/aromatic N) is 2. The molecule has 0 bridgehead atoms. The lowest BCUT2D eigenvalue weighted by Gasteiger charge is -2.06. The van der Waals surface area contributed by atoms with Crippen molar-refractivity contribution in [3.63, 3.8) is 0 Å². The molecule has 0 aliphatic carbocycles. The molecule has 2 aromatic rings. The van der Waals surface area contributed by atoms with E-state index in [0.717, 1.165) is 9.37 Å². The molecule has 0 saturated heterocycles. The first kappa shape index (κ1) is 20.5. The van der Waals surface area contributed by atoms with Crippen LogP contribution in [0.15, 0.2) is 79.6 Å². The van der Waals surface area contributed by atoms with Crippen LogP contribution in [-0.4, -0.2) is 23.4 Å². The minimum absolute atomic E-state index is 0.144. The number of ether oxygens (including phenoxy) is 1. The summed E-state index contributed by atoms with van der Waals surface area (Å²) in [7, 11) is 0. The van der Waals surface area contributed by atoms with E-state index in [1.807, 2.05) is 18.2 Å². The third kappa shape index (κ3) is 6.16. The van der Waals surface area contributed by atoms with Gasteiger partial charge in [-0.15, -0.1) is 22.0 Å². The molecule has 8 heteroatoms. The summed E-state index contributed by atoms with van der Waals surface area (Å²) in [4.78, 5) is 13.0. The van der Waals surface area contributed by atoms with Gasteiger partial charge in [-0.05, 0) is 59.3 Å². The fourth-order valence-corrected chi connectivity index (χ4v) is 3.06. The molecule has 5 nitrogen and oxygen atoms in total. The van der Waals surface area contributed by atoms with Gasteiger partial charge in [0, 0.05) is 14.4 Å². The monoisotopic (exact) mass is 454 g/mol. The van der Waals surface area contributed by atoms with E-state index < -0.39 is 5.97 Å². The number of aliphatic hydroxyl groups is 1. The standard InChI is InChI=1S/C18H16BrClN2O3S/c1-2-25-18(24)17(22-21-15-6-4-3-5-14(15)19)16(23)11-26-13-9-7-12(20)8-10-13/h3-10,23H,2,11H2,1H3/b17-16-,22-21?.